The standard InChI is InChI=1S/C22H31N5O3/c1-29-18-6-7-21(30-2)19(14-18)17-8-11-26(15-17)22(28)20-16-27(24-23-20)13-12-25-9-4-3-5-10-25/h6-7,14,16-17H,3-5,8-13,15H2,1-2H3/t17-/m0/s1. The van der Waals surface area contributed by atoms with Gasteiger partial charge in [-0.25, -0.2) is 0 Å². The minimum atomic E-state index is -0.0522. The summed E-state index contributed by atoms with van der Waals surface area (Å²) in [5.74, 6) is 1.79. The Morgan fingerprint density at radius 1 is 1.10 bits per heavy atom. The zero-order valence-electron chi connectivity index (χ0n) is 17.9. The molecular formula is C22H31N5O3. The van der Waals surface area contributed by atoms with Crippen LogP contribution >= 0.6 is 0 Å². The predicted molar refractivity (Wildman–Crippen MR) is 113 cm³/mol. The Bertz CT molecular complexity index is 862. The Balaban J connectivity index is 1.36. The maximum absolute atomic E-state index is 13.0. The number of methoxy groups -OCH3 is 2. The number of carbonyl (C=O) groups excluding carboxylic acids is 1. The van der Waals surface area contributed by atoms with Crippen LogP contribution in [0.4, 0.5) is 0 Å². The third kappa shape index (κ3) is 4.59. The molecule has 8 nitrogen and oxygen atoms in total. The van der Waals surface area contributed by atoms with Gasteiger partial charge in [0, 0.05) is 31.1 Å². The van der Waals surface area contributed by atoms with E-state index >= 15 is 0 Å². The molecule has 4 rings (SSSR count). The second-order valence-corrected chi connectivity index (χ2v) is 8.11. The smallest absolute Gasteiger partial charge is 0.276 e. The van der Waals surface area contributed by atoms with Gasteiger partial charge >= 0.3 is 0 Å². The lowest BCUT2D eigenvalue weighted by Crippen LogP contribution is -2.32. The average molecular weight is 414 g/mol. The van der Waals surface area contributed by atoms with Crippen molar-refractivity contribution in [2.75, 3.05) is 46.9 Å². The fourth-order valence-corrected chi connectivity index (χ4v) is 4.45. The van der Waals surface area contributed by atoms with Crippen LogP contribution in [0.25, 0.3) is 0 Å². The third-order valence-corrected chi connectivity index (χ3v) is 6.20. The third-order valence-electron chi connectivity index (χ3n) is 6.20. The molecule has 1 amide bonds. The molecule has 2 saturated heterocycles. The first kappa shape index (κ1) is 20.7. The molecule has 3 heterocycles. The van der Waals surface area contributed by atoms with Crippen LogP contribution in [0, 0.1) is 0 Å². The number of carbonyl (C=O) groups is 1. The van der Waals surface area contributed by atoms with Crippen molar-refractivity contribution in [1.29, 1.82) is 0 Å². The molecule has 0 unspecified atom stereocenters. The van der Waals surface area contributed by atoms with Crippen molar-refractivity contribution in [3.05, 3.63) is 35.7 Å². The molecule has 2 fully saturated rings. The van der Waals surface area contributed by atoms with Crippen LogP contribution in [0.5, 0.6) is 11.5 Å². The van der Waals surface area contributed by atoms with E-state index in [2.05, 4.69) is 15.2 Å². The lowest BCUT2D eigenvalue weighted by atomic mass is 9.97. The molecule has 162 valence electrons. The van der Waals surface area contributed by atoms with Crippen molar-refractivity contribution < 1.29 is 14.3 Å². The zero-order chi connectivity index (χ0) is 20.9. The van der Waals surface area contributed by atoms with Crippen molar-refractivity contribution in [2.45, 2.75) is 38.1 Å². The number of piperidine rings is 1. The molecule has 2 aliphatic rings. The number of likely N-dealkylation sites (tertiary alicyclic amines) is 2. The van der Waals surface area contributed by atoms with Gasteiger partial charge in [-0.3, -0.25) is 9.48 Å². The molecule has 0 spiro atoms. The fraction of sp³-hybridized carbons (Fsp3) is 0.591. The normalized spacial score (nSPS) is 19.8. The molecule has 1 aromatic heterocycles. The summed E-state index contributed by atoms with van der Waals surface area (Å²) in [6, 6.07) is 5.82. The number of amides is 1. The number of nitrogens with zero attached hydrogens (tertiary/aromatic N) is 5. The molecule has 0 aliphatic carbocycles. The van der Waals surface area contributed by atoms with Crippen LogP contribution in [-0.4, -0.2) is 77.6 Å². The lowest BCUT2D eigenvalue weighted by molar-refractivity contribution is 0.0784. The van der Waals surface area contributed by atoms with Crippen molar-refractivity contribution in [3.8, 4) is 11.5 Å². The number of hydrogen-bond donors (Lipinski definition) is 0. The van der Waals surface area contributed by atoms with Crippen LogP contribution in [0.2, 0.25) is 0 Å². The first-order valence-corrected chi connectivity index (χ1v) is 10.8. The van der Waals surface area contributed by atoms with E-state index in [9.17, 15) is 4.79 Å². The van der Waals surface area contributed by atoms with Crippen LogP contribution in [-0.2, 0) is 6.54 Å². The van der Waals surface area contributed by atoms with Gasteiger partial charge in [-0.2, -0.15) is 0 Å². The van der Waals surface area contributed by atoms with Crippen LogP contribution < -0.4 is 9.47 Å². The Kier molecular flexibility index (Phi) is 6.52. The fourth-order valence-electron chi connectivity index (χ4n) is 4.45. The molecule has 1 aromatic carbocycles. The number of rotatable bonds is 7. The highest BCUT2D eigenvalue weighted by molar-refractivity contribution is 5.92. The van der Waals surface area contributed by atoms with Gasteiger partial charge in [-0.15, -0.1) is 5.10 Å². The van der Waals surface area contributed by atoms with Gasteiger partial charge in [-0.05, 0) is 50.6 Å². The first-order chi connectivity index (χ1) is 14.7. The van der Waals surface area contributed by atoms with E-state index in [1.165, 1.54) is 19.3 Å². The van der Waals surface area contributed by atoms with E-state index in [0.29, 0.717) is 18.8 Å². The van der Waals surface area contributed by atoms with E-state index in [4.69, 9.17) is 9.47 Å². The minimum absolute atomic E-state index is 0.0522. The molecule has 2 aliphatic heterocycles. The monoisotopic (exact) mass is 413 g/mol. The summed E-state index contributed by atoms with van der Waals surface area (Å²) in [5.41, 5.74) is 1.50. The minimum Gasteiger partial charge on any atom is -0.497 e. The van der Waals surface area contributed by atoms with E-state index in [0.717, 1.165) is 49.7 Å². The Hall–Kier alpha value is -2.61. The van der Waals surface area contributed by atoms with E-state index in [1.54, 1.807) is 25.1 Å². The SMILES string of the molecule is COc1ccc(OC)c([C@H]2CCN(C(=O)c3cn(CCN4CCCCC4)nn3)C2)c1. The number of aromatic nitrogens is 3. The van der Waals surface area contributed by atoms with Gasteiger partial charge < -0.3 is 19.3 Å². The molecule has 0 radical (unpaired) electrons. The highest BCUT2D eigenvalue weighted by Gasteiger charge is 2.31. The van der Waals surface area contributed by atoms with E-state index in [1.807, 2.05) is 23.1 Å². The van der Waals surface area contributed by atoms with Gasteiger partial charge in [0.15, 0.2) is 5.69 Å². The summed E-state index contributed by atoms with van der Waals surface area (Å²) in [5, 5.41) is 8.32. The van der Waals surface area contributed by atoms with Gasteiger partial charge in [-0.1, -0.05) is 11.6 Å². The predicted octanol–water partition coefficient (Wildman–Crippen LogP) is 2.41. The van der Waals surface area contributed by atoms with Crippen LogP contribution in [0.15, 0.2) is 24.4 Å². The second kappa shape index (κ2) is 9.47. The molecule has 30 heavy (non-hydrogen) atoms. The average Bonchev–Trinajstić information content (AvgIpc) is 3.47. The van der Waals surface area contributed by atoms with Gasteiger partial charge in [0.2, 0.25) is 0 Å². The molecule has 0 bridgehead atoms. The molecule has 0 N–H and O–H groups in total. The number of hydrogen-bond acceptors (Lipinski definition) is 6. The maximum Gasteiger partial charge on any atom is 0.276 e. The lowest BCUT2D eigenvalue weighted by Gasteiger charge is -2.25. The van der Waals surface area contributed by atoms with Gasteiger partial charge in [0.1, 0.15) is 11.5 Å². The topological polar surface area (TPSA) is 72.7 Å². The van der Waals surface area contributed by atoms with Crippen molar-refractivity contribution in [2.24, 2.45) is 0 Å². The maximum atomic E-state index is 13.0. The summed E-state index contributed by atoms with van der Waals surface area (Å²) in [7, 11) is 3.33. The molecule has 0 saturated carbocycles. The Labute approximate surface area is 177 Å². The quantitative estimate of drug-likeness (QED) is 0.694. The van der Waals surface area contributed by atoms with Crippen molar-refractivity contribution in [3.63, 3.8) is 0 Å². The highest BCUT2D eigenvalue weighted by atomic mass is 16.5. The molecule has 2 aromatic rings. The zero-order valence-corrected chi connectivity index (χ0v) is 17.9. The van der Waals surface area contributed by atoms with E-state index < -0.39 is 0 Å². The number of benzene rings is 1. The highest BCUT2D eigenvalue weighted by Crippen LogP contribution is 2.36. The summed E-state index contributed by atoms with van der Waals surface area (Å²) in [6.45, 7) is 5.38. The van der Waals surface area contributed by atoms with E-state index in [-0.39, 0.29) is 11.8 Å². The second-order valence-electron chi connectivity index (χ2n) is 8.11. The largest absolute Gasteiger partial charge is 0.497 e. The first-order valence-electron chi connectivity index (χ1n) is 10.8. The summed E-state index contributed by atoms with van der Waals surface area (Å²) in [6.07, 6.45) is 6.55. The molecule has 8 heteroatoms. The molecular weight excluding hydrogens is 382 g/mol. The van der Waals surface area contributed by atoms with Crippen molar-refractivity contribution in [1.82, 2.24) is 24.8 Å². The summed E-state index contributed by atoms with van der Waals surface area (Å²) >= 11 is 0. The summed E-state index contributed by atoms with van der Waals surface area (Å²) in [4.78, 5) is 17.3. The van der Waals surface area contributed by atoms with Gasteiger partial charge in [0.25, 0.3) is 5.91 Å². The molecule has 1 atom stereocenters. The van der Waals surface area contributed by atoms with Crippen LogP contribution in [0.3, 0.4) is 0 Å². The van der Waals surface area contributed by atoms with Crippen molar-refractivity contribution >= 4 is 5.91 Å². The Morgan fingerprint density at radius 2 is 1.93 bits per heavy atom. The summed E-state index contributed by atoms with van der Waals surface area (Å²) < 4.78 is 12.7. The number of ether oxygens (including phenoxy) is 2. The Morgan fingerprint density at radius 3 is 2.70 bits per heavy atom. The van der Waals surface area contributed by atoms with Gasteiger partial charge in [0.05, 0.1) is 27.0 Å². The van der Waals surface area contributed by atoms with Crippen LogP contribution in [0.1, 0.15) is 47.7 Å².